The van der Waals surface area contributed by atoms with Crippen molar-refractivity contribution in [3.8, 4) is 23.0 Å². The Morgan fingerprint density at radius 3 is 2.48 bits per heavy atom. The third-order valence-corrected chi connectivity index (χ3v) is 7.37. The summed E-state index contributed by atoms with van der Waals surface area (Å²) in [5.74, 6) is 1.48. The number of carbonyl (C=O) groups excluding carboxylic acids is 1. The van der Waals surface area contributed by atoms with Crippen LogP contribution in [0.1, 0.15) is 12.8 Å². The van der Waals surface area contributed by atoms with E-state index < -0.39 is 10.0 Å². The first kappa shape index (κ1) is 21.3. The van der Waals surface area contributed by atoms with Gasteiger partial charge in [-0.3, -0.25) is 4.79 Å². The molecule has 9 nitrogen and oxygen atoms in total. The Hall–Kier alpha value is -2.98. The zero-order valence-electron chi connectivity index (χ0n) is 17.3. The third kappa shape index (κ3) is 4.26. The number of nitrogens with zero attached hydrogens (tertiary/aromatic N) is 1. The van der Waals surface area contributed by atoms with Gasteiger partial charge >= 0.3 is 0 Å². The second kappa shape index (κ2) is 8.64. The summed E-state index contributed by atoms with van der Waals surface area (Å²) in [7, 11) is -0.887. The smallest absolute Gasteiger partial charge is 0.246 e. The lowest BCUT2D eigenvalue weighted by molar-refractivity contribution is -0.120. The number of rotatable bonds is 6. The molecule has 0 aliphatic carbocycles. The summed E-state index contributed by atoms with van der Waals surface area (Å²) in [6.07, 6.45) is 0.837. The van der Waals surface area contributed by atoms with E-state index >= 15 is 0 Å². The lowest BCUT2D eigenvalue weighted by atomic mass is 9.97. The highest BCUT2D eigenvalue weighted by molar-refractivity contribution is 7.89. The Bertz CT molecular complexity index is 1080. The third-order valence-electron chi connectivity index (χ3n) is 5.45. The van der Waals surface area contributed by atoms with Crippen LogP contribution in [-0.4, -0.2) is 52.7 Å². The van der Waals surface area contributed by atoms with Gasteiger partial charge in [0.15, 0.2) is 11.5 Å². The summed E-state index contributed by atoms with van der Waals surface area (Å²) < 4.78 is 48.7. The van der Waals surface area contributed by atoms with Gasteiger partial charge in [-0.05, 0) is 37.1 Å². The van der Waals surface area contributed by atoms with Crippen molar-refractivity contribution in [2.75, 3.05) is 39.4 Å². The summed E-state index contributed by atoms with van der Waals surface area (Å²) in [6, 6.07) is 9.87. The van der Waals surface area contributed by atoms with Crippen molar-refractivity contribution in [1.82, 2.24) is 4.31 Å². The van der Waals surface area contributed by atoms with Crippen LogP contribution in [0.4, 0.5) is 5.69 Å². The molecule has 10 heteroatoms. The average Bonchev–Trinajstić information content (AvgIpc) is 3.26. The van der Waals surface area contributed by atoms with Crippen molar-refractivity contribution < 1.29 is 32.2 Å². The van der Waals surface area contributed by atoms with Crippen LogP contribution in [0.25, 0.3) is 0 Å². The Morgan fingerprint density at radius 2 is 1.77 bits per heavy atom. The normalized spacial score (nSPS) is 16.7. The standard InChI is InChI=1S/C21H24N2O7S/c1-27-16-4-6-18(28-2)20(12-16)31(25,26)23-9-7-14(8-10-23)21(24)22-15-3-5-17-19(11-15)30-13-29-17/h3-6,11-12,14H,7-10,13H2,1-2H3,(H,22,24). The number of amides is 1. The highest BCUT2D eigenvalue weighted by Crippen LogP contribution is 2.35. The molecule has 166 valence electrons. The lowest BCUT2D eigenvalue weighted by Crippen LogP contribution is -2.41. The van der Waals surface area contributed by atoms with Gasteiger partial charge in [0, 0.05) is 36.8 Å². The molecule has 2 aromatic rings. The molecule has 2 aromatic carbocycles. The van der Waals surface area contributed by atoms with Crippen LogP contribution >= 0.6 is 0 Å². The van der Waals surface area contributed by atoms with Crippen LogP contribution < -0.4 is 24.3 Å². The predicted octanol–water partition coefficient (Wildman–Crippen LogP) is 2.47. The minimum atomic E-state index is -3.79. The lowest BCUT2D eigenvalue weighted by Gasteiger charge is -2.31. The van der Waals surface area contributed by atoms with E-state index in [0.29, 0.717) is 35.8 Å². The van der Waals surface area contributed by atoms with Gasteiger partial charge in [-0.1, -0.05) is 0 Å². The van der Waals surface area contributed by atoms with Crippen molar-refractivity contribution in [2.24, 2.45) is 5.92 Å². The second-order valence-electron chi connectivity index (χ2n) is 7.25. The monoisotopic (exact) mass is 448 g/mol. The van der Waals surface area contributed by atoms with E-state index in [4.69, 9.17) is 18.9 Å². The van der Waals surface area contributed by atoms with Gasteiger partial charge in [0.25, 0.3) is 0 Å². The first-order valence-corrected chi connectivity index (χ1v) is 11.3. The van der Waals surface area contributed by atoms with E-state index in [1.807, 2.05) is 0 Å². The maximum Gasteiger partial charge on any atom is 0.246 e. The number of benzene rings is 2. The van der Waals surface area contributed by atoms with Crippen LogP contribution in [0.5, 0.6) is 23.0 Å². The molecule has 1 N–H and O–H groups in total. The zero-order valence-corrected chi connectivity index (χ0v) is 18.1. The SMILES string of the molecule is COc1ccc(OC)c(S(=O)(=O)N2CCC(C(=O)Nc3ccc4c(c3)OCO4)CC2)c1. The van der Waals surface area contributed by atoms with E-state index in [-0.39, 0.29) is 42.4 Å². The number of methoxy groups -OCH3 is 2. The van der Waals surface area contributed by atoms with Gasteiger partial charge in [0.2, 0.25) is 22.7 Å². The second-order valence-corrected chi connectivity index (χ2v) is 9.16. The molecule has 31 heavy (non-hydrogen) atoms. The summed E-state index contributed by atoms with van der Waals surface area (Å²) in [4.78, 5) is 12.7. The molecule has 2 aliphatic heterocycles. The molecule has 0 saturated carbocycles. The first-order valence-electron chi connectivity index (χ1n) is 9.85. The molecule has 2 aliphatic rings. The fourth-order valence-electron chi connectivity index (χ4n) is 3.70. The highest BCUT2D eigenvalue weighted by atomic mass is 32.2. The fraction of sp³-hybridized carbons (Fsp3) is 0.381. The molecule has 2 heterocycles. The van der Waals surface area contributed by atoms with Crippen molar-refractivity contribution in [1.29, 1.82) is 0 Å². The fourth-order valence-corrected chi connectivity index (χ4v) is 5.34. The van der Waals surface area contributed by atoms with Crippen molar-refractivity contribution in [2.45, 2.75) is 17.7 Å². The predicted molar refractivity (Wildman–Crippen MR) is 112 cm³/mol. The topological polar surface area (TPSA) is 103 Å². The van der Waals surface area contributed by atoms with Crippen LogP contribution in [-0.2, 0) is 14.8 Å². The Kier molecular flexibility index (Phi) is 5.92. The van der Waals surface area contributed by atoms with Gasteiger partial charge < -0.3 is 24.3 Å². The van der Waals surface area contributed by atoms with Gasteiger partial charge in [0.1, 0.15) is 16.4 Å². The summed E-state index contributed by atoms with van der Waals surface area (Å²) >= 11 is 0. The summed E-state index contributed by atoms with van der Waals surface area (Å²) in [6.45, 7) is 0.640. The summed E-state index contributed by atoms with van der Waals surface area (Å²) in [5, 5.41) is 2.88. The maximum atomic E-state index is 13.2. The van der Waals surface area contributed by atoms with Crippen LogP contribution in [0.2, 0.25) is 0 Å². The average molecular weight is 448 g/mol. The van der Waals surface area contributed by atoms with Crippen LogP contribution in [0.15, 0.2) is 41.3 Å². The number of sulfonamides is 1. The first-order chi connectivity index (χ1) is 14.9. The Balaban J connectivity index is 1.41. The molecule has 0 unspecified atom stereocenters. The van der Waals surface area contributed by atoms with Crippen molar-refractivity contribution in [3.63, 3.8) is 0 Å². The molecule has 0 bridgehead atoms. The quantitative estimate of drug-likeness (QED) is 0.724. The molecule has 4 rings (SSSR count). The molecule has 0 spiro atoms. The van der Waals surface area contributed by atoms with E-state index in [9.17, 15) is 13.2 Å². The maximum absolute atomic E-state index is 13.2. The van der Waals surface area contributed by atoms with Gasteiger partial charge in [-0.2, -0.15) is 4.31 Å². The number of ether oxygens (including phenoxy) is 4. The molecule has 0 aromatic heterocycles. The Morgan fingerprint density at radius 1 is 1.03 bits per heavy atom. The molecule has 1 saturated heterocycles. The van der Waals surface area contributed by atoms with Crippen LogP contribution in [0.3, 0.4) is 0 Å². The number of hydrogen-bond acceptors (Lipinski definition) is 7. The largest absolute Gasteiger partial charge is 0.497 e. The van der Waals surface area contributed by atoms with Crippen molar-refractivity contribution >= 4 is 21.6 Å². The molecule has 1 amide bonds. The van der Waals surface area contributed by atoms with Gasteiger partial charge in [-0.25, -0.2) is 8.42 Å². The minimum absolute atomic E-state index is 0.0533. The highest BCUT2D eigenvalue weighted by Gasteiger charge is 2.34. The minimum Gasteiger partial charge on any atom is -0.497 e. The van der Waals surface area contributed by atoms with E-state index in [0.717, 1.165) is 0 Å². The molecule has 0 radical (unpaired) electrons. The van der Waals surface area contributed by atoms with E-state index in [1.165, 1.54) is 24.6 Å². The molecule has 1 fully saturated rings. The van der Waals surface area contributed by atoms with E-state index in [1.54, 1.807) is 30.3 Å². The molecule has 0 atom stereocenters. The number of anilines is 1. The number of carbonyl (C=O) groups is 1. The number of hydrogen-bond donors (Lipinski definition) is 1. The number of fused-ring (bicyclic) bond motifs is 1. The molecular weight excluding hydrogens is 424 g/mol. The number of nitrogens with one attached hydrogen (secondary N) is 1. The number of piperidine rings is 1. The van der Waals surface area contributed by atoms with E-state index in [2.05, 4.69) is 5.32 Å². The van der Waals surface area contributed by atoms with Gasteiger partial charge in [0.05, 0.1) is 14.2 Å². The molecular formula is C21H24N2O7S. The zero-order chi connectivity index (χ0) is 22.0. The summed E-state index contributed by atoms with van der Waals surface area (Å²) in [5.41, 5.74) is 0.616. The van der Waals surface area contributed by atoms with Crippen LogP contribution in [0, 0.1) is 5.92 Å². The Labute approximate surface area is 180 Å². The van der Waals surface area contributed by atoms with Crippen molar-refractivity contribution in [3.05, 3.63) is 36.4 Å². The van der Waals surface area contributed by atoms with Gasteiger partial charge in [-0.15, -0.1) is 0 Å².